The molecule has 0 aliphatic rings. The molecule has 10 heteroatoms. The third-order valence-corrected chi connectivity index (χ3v) is 2.75. The van der Waals surface area contributed by atoms with Crippen LogP contribution in [0.1, 0.15) is 10.5 Å². The fraction of sp³-hybridized carbons (Fsp3) is 0. The zero-order chi connectivity index (χ0) is 14.2. The first-order valence-electron chi connectivity index (χ1n) is 4.94. The summed E-state index contributed by atoms with van der Waals surface area (Å²) >= 11 is 0. The lowest BCUT2D eigenvalue weighted by molar-refractivity contribution is 0.0965. The largest absolute Gasteiger partial charge is 0.430 e. The molecule has 19 heavy (non-hydrogen) atoms. The predicted molar refractivity (Wildman–Crippen MR) is 65.7 cm³/mol. The first kappa shape index (κ1) is 13.2. The summed E-state index contributed by atoms with van der Waals surface area (Å²) in [4.78, 5) is 44.3. The molecule has 0 saturated carbocycles. The van der Waals surface area contributed by atoms with Crippen LogP contribution < -0.4 is 16.5 Å². The van der Waals surface area contributed by atoms with Crippen molar-refractivity contribution >= 4 is 24.7 Å². The van der Waals surface area contributed by atoms with Crippen LogP contribution in [-0.2, 0) is 4.57 Å². The molecule has 9 nitrogen and oxygen atoms in total. The van der Waals surface area contributed by atoms with Gasteiger partial charge in [-0.15, -0.1) is 0 Å². The molecule has 1 aromatic carbocycles. The second kappa shape index (κ2) is 4.47. The SMILES string of the molecule is Nn1c(=O)c(C(=O)NP(=O)(O)O)nc2ccccc21. The molecular formula is C9H9N4O5P. The molecule has 0 unspecified atom stereocenters. The fourth-order valence-electron chi connectivity index (χ4n) is 1.49. The number of nitrogens with two attached hydrogens (primary N) is 1. The lowest BCUT2D eigenvalue weighted by Crippen LogP contribution is -2.36. The number of aromatic nitrogens is 2. The predicted octanol–water partition coefficient (Wildman–Crippen LogP) is -1.07. The average molecular weight is 284 g/mol. The molecule has 0 spiro atoms. The van der Waals surface area contributed by atoms with Crippen molar-refractivity contribution in [2.24, 2.45) is 0 Å². The first-order chi connectivity index (χ1) is 8.79. The van der Waals surface area contributed by atoms with Gasteiger partial charge in [0.15, 0.2) is 5.69 Å². The molecule has 0 bridgehead atoms. The Morgan fingerprint density at radius 1 is 1.37 bits per heavy atom. The number of carbonyl (C=O) groups is 1. The van der Waals surface area contributed by atoms with E-state index < -0.39 is 24.9 Å². The Morgan fingerprint density at radius 3 is 2.63 bits per heavy atom. The summed E-state index contributed by atoms with van der Waals surface area (Å²) in [5.74, 6) is 4.22. The lowest BCUT2D eigenvalue weighted by atomic mass is 10.3. The Bertz CT molecular complexity index is 765. The number of rotatable bonds is 2. The van der Waals surface area contributed by atoms with E-state index in [1.54, 1.807) is 12.1 Å². The van der Waals surface area contributed by atoms with Crippen LogP contribution in [0.4, 0.5) is 0 Å². The van der Waals surface area contributed by atoms with E-state index in [1.165, 1.54) is 17.2 Å². The van der Waals surface area contributed by atoms with Gasteiger partial charge in [0, 0.05) is 0 Å². The number of hydrogen-bond acceptors (Lipinski definition) is 5. The molecule has 0 aliphatic carbocycles. The maximum Gasteiger partial charge on any atom is 0.430 e. The molecule has 100 valence electrons. The van der Waals surface area contributed by atoms with Crippen LogP contribution in [0.25, 0.3) is 11.0 Å². The van der Waals surface area contributed by atoms with Crippen LogP contribution in [0, 0.1) is 0 Å². The zero-order valence-corrected chi connectivity index (χ0v) is 10.2. The van der Waals surface area contributed by atoms with Crippen molar-refractivity contribution in [3.63, 3.8) is 0 Å². The van der Waals surface area contributed by atoms with Crippen molar-refractivity contribution in [1.82, 2.24) is 14.7 Å². The number of nitrogens with zero attached hydrogens (tertiary/aromatic N) is 2. The lowest BCUT2D eigenvalue weighted by Gasteiger charge is -2.08. The summed E-state index contributed by atoms with van der Waals surface area (Å²) < 4.78 is 11.4. The van der Waals surface area contributed by atoms with Crippen molar-refractivity contribution in [3.8, 4) is 0 Å². The van der Waals surface area contributed by atoms with Gasteiger partial charge in [-0.3, -0.25) is 14.7 Å². The first-order valence-corrected chi connectivity index (χ1v) is 6.56. The summed E-state index contributed by atoms with van der Waals surface area (Å²) in [7, 11) is -4.81. The van der Waals surface area contributed by atoms with E-state index in [-0.39, 0.29) is 5.52 Å². The number of amides is 1. The van der Waals surface area contributed by atoms with Crippen LogP contribution in [0.15, 0.2) is 29.1 Å². The molecule has 0 fully saturated rings. The van der Waals surface area contributed by atoms with E-state index >= 15 is 0 Å². The highest BCUT2D eigenvalue weighted by molar-refractivity contribution is 7.50. The number of nitrogens with one attached hydrogen (secondary N) is 1. The number of carbonyl (C=O) groups excluding carboxylic acids is 1. The van der Waals surface area contributed by atoms with Gasteiger partial charge in [-0.2, -0.15) is 0 Å². The highest BCUT2D eigenvalue weighted by atomic mass is 31.2. The smallest absolute Gasteiger partial charge is 0.336 e. The van der Waals surface area contributed by atoms with Gasteiger partial charge >= 0.3 is 13.3 Å². The Labute approximate surface area is 105 Å². The van der Waals surface area contributed by atoms with E-state index in [4.69, 9.17) is 15.6 Å². The van der Waals surface area contributed by atoms with Gasteiger partial charge in [-0.05, 0) is 12.1 Å². The Balaban J connectivity index is 2.62. The highest BCUT2D eigenvalue weighted by Gasteiger charge is 2.23. The normalized spacial score (nSPS) is 11.5. The molecule has 1 heterocycles. The third-order valence-electron chi connectivity index (χ3n) is 2.26. The Morgan fingerprint density at radius 2 is 2.00 bits per heavy atom. The molecule has 2 aromatic rings. The van der Waals surface area contributed by atoms with Crippen molar-refractivity contribution in [2.75, 3.05) is 5.84 Å². The molecule has 1 aromatic heterocycles. The van der Waals surface area contributed by atoms with Crippen LogP contribution in [0.5, 0.6) is 0 Å². The van der Waals surface area contributed by atoms with Crippen LogP contribution >= 0.6 is 7.75 Å². The van der Waals surface area contributed by atoms with Crippen molar-refractivity contribution in [3.05, 3.63) is 40.3 Å². The van der Waals surface area contributed by atoms with E-state index in [0.717, 1.165) is 0 Å². The third kappa shape index (κ3) is 2.63. The molecular weight excluding hydrogens is 275 g/mol. The summed E-state index contributed by atoms with van der Waals surface area (Å²) in [6.45, 7) is 0. The molecule has 0 aliphatic heterocycles. The standard InChI is InChI=1S/C9H9N4O5P/c10-13-6-4-2-1-3-5(6)11-7(9(13)15)8(14)12-19(16,17)18/h1-4H,10H2,(H3,12,14,16,17,18). The number of nitrogen functional groups attached to an aromatic ring is 1. The van der Waals surface area contributed by atoms with Gasteiger partial charge in [0.25, 0.3) is 5.91 Å². The average Bonchev–Trinajstić information content (AvgIpc) is 2.31. The molecule has 1 amide bonds. The quantitative estimate of drug-likeness (QED) is 0.405. The summed E-state index contributed by atoms with van der Waals surface area (Å²) in [6.07, 6.45) is 0. The molecule has 0 saturated heterocycles. The van der Waals surface area contributed by atoms with Crippen molar-refractivity contribution in [1.29, 1.82) is 0 Å². The molecule has 0 radical (unpaired) electrons. The van der Waals surface area contributed by atoms with Crippen LogP contribution in [0.2, 0.25) is 0 Å². The second-order valence-corrected chi connectivity index (χ2v) is 4.92. The Kier molecular flexibility index (Phi) is 3.11. The van der Waals surface area contributed by atoms with Gasteiger partial charge in [0.2, 0.25) is 0 Å². The minimum Gasteiger partial charge on any atom is -0.336 e. The minimum absolute atomic E-state index is 0.250. The molecule has 2 rings (SSSR count). The summed E-state index contributed by atoms with van der Waals surface area (Å²) in [5, 5.41) is 1.36. The van der Waals surface area contributed by atoms with Gasteiger partial charge in [0.1, 0.15) is 0 Å². The Hall–Kier alpha value is -2.22. The second-order valence-electron chi connectivity index (χ2n) is 3.61. The van der Waals surface area contributed by atoms with E-state index in [2.05, 4.69) is 4.98 Å². The zero-order valence-electron chi connectivity index (χ0n) is 9.35. The monoisotopic (exact) mass is 284 g/mol. The topological polar surface area (TPSA) is 148 Å². The number of hydrogen-bond donors (Lipinski definition) is 4. The van der Waals surface area contributed by atoms with E-state index in [9.17, 15) is 14.2 Å². The van der Waals surface area contributed by atoms with E-state index in [1.807, 2.05) is 0 Å². The van der Waals surface area contributed by atoms with Gasteiger partial charge < -0.3 is 15.6 Å². The van der Waals surface area contributed by atoms with E-state index in [0.29, 0.717) is 10.2 Å². The van der Waals surface area contributed by atoms with Crippen molar-refractivity contribution in [2.45, 2.75) is 0 Å². The van der Waals surface area contributed by atoms with Crippen LogP contribution in [0.3, 0.4) is 0 Å². The number of fused-ring (bicyclic) bond motifs is 1. The van der Waals surface area contributed by atoms with Gasteiger partial charge in [-0.25, -0.2) is 14.2 Å². The van der Waals surface area contributed by atoms with Crippen LogP contribution in [-0.4, -0.2) is 25.4 Å². The number of para-hydroxylation sites is 2. The molecule has 0 atom stereocenters. The maximum atomic E-state index is 11.8. The van der Waals surface area contributed by atoms with Gasteiger partial charge in [0.05, 0.1) is 11.0 Å². The fourth-order valence-corrected chi connectivity index (χ4v) is 1.86. The van der Waals surface area contributed by atoms with Gasteiger partial charge in [-0.1, -0.05) is 12.1 Å². The number of benzene rings is 1. The molecule has 5 N–H and O–H groups in total. The summed E-state index contributed by atoms with van der Waals surface area (Å²) in [6, 6.07) is 6.27. The minimum atomic E-state index is -4.81. The van der Waals surface area contributed by atoms with Crippen molar-refractivity contribution < 1.29 is 19.1 Å². The highest BCUT2D eigenvalue weighted by Crippen LogP contribution is 2.28. The summed E-state index contributed by atoms with van der Waals surface area (Å²) in [5.41, 5.74) is -1.10. The maximum absolute atomic E-state index is 11.8.